The van der Waals surface area contributed by atoms with E-state index in [1.165, 1.54) is 0 Å². The first-order valence-corrected chi connectivity index (χ1v) is 11.9. The number of aromatic nitrogens is 4. The van der Waals surface area contributed by atoms with Gasteiger partial charge in [-0.25, -0.2) is 17.8 Å². The molecule has 0 N–H and O–H groups in total. The molecule has 0 aliphatic carbocycles. The van der Waals surface area contributed by atoms with E-state index >= 15 is 0 Å². The van der Waals surface area contributed by atoms with Gasteiger partial charge in [-0.1, -0.05) is 48.5 Å². The zero-order valence-electron chi connectivity index (χ0n) is 17.4. The highest BCUT2D eigenvalue weighted by Crippen LogP contribution is 2.26. The van der Waals surface area contributed by atoms with E-state index in [0.717, 1.165) is 21.8 Å². The molecule has 0 radical (unpaired) electrons. The predicted octanol–water partition coefficient (Wildman–Crippen LogP) is 5.20. The van der Waals surface area contributed by atoms with E-state index in [1.807, 2.05) is 73.1 Å². The highest BCUT2D eigenvalue weighted by Gasteiger charge is 2.19. The average molecular weight is 451 g/mol. The van der Waals surface area contributed by atoms with Crippen LogP contribution in [0, 0.1) is 0 Å². The molecule has 6 nitrogen and oxygen atoms in total. The van der Waals surface area contributed by atoms with Crippen LogP contribution >= 0.6 is 0 Å². The highest BCUT2D eigenvalue weighted by molar-refractivity contribution is 7.91. The lowest BCUT2D eigenvalue weighted by Crippen LogP contribution is -2.05. The quantitative estimate of drug-likeness (QED) is 0.370. The van der Waals surface area contributed by atoms with Gasteiger partial charge in [-0.15, -0.1) is 0 Å². The van der Waals surface area contributed by atoms with Crippen molar-refractivity contribution in [1.29, 1.82) is 0 Å². The molecule has 0 saturated heterocycles. The Bertz CT molecular complexity index is 1560. The Labute approximate surface area is 190 Å². The van der Waals surface area contributed by atoms with Crippen molar-refractivity contribution in [2.75, 3.05) is 0 Å². The van der Waals surface area contributed by atoms with Crippen molar-refractivity contribution in [2.24, 2.45) is 0 Å². The van der Waals surface area contributed by atoms with Gasteiger partial charge in [-0.2, -0.15) is 10.2 Å². The number of fused-ring (bicyclic) bond motifs is 2. The van der Waals surface area contributed by atoms with E-state index in [4.69, 9.17) is 0 Å². The summed E-state index contributed by atoms with van der Waals surface area (Å²) in [5.41, 5.74) is 3.07. The van der Waals surface area contributed by atoms with Gasteiger partial charge in [0.15, 0.2) is 0 Å². The Morgan fingerprint density at radius 1 is 0.545 bits per heavy atom. The SMILES string of the molecule is O=S(=O)(c1cccc(-n2cc3ccccc3n2)c1)c1cccc(-n2cc3ccccc3n2)c1. The van der Waals surface area contributed by atoms with Crippen LogP contribution in [-0.2, 0) is 9.84 Å². The molecule has 33 heavy (non-hydrogen) atoms. The lowest BCUT2D eigenvalue weighted by Gasteiger charge is -2.09. The molecule has 6 rings (SSSR count). The lowest BCUT2D eigenvalue weighted by atomic mass is 10.3. The normalized spacial score (nSPS) is 11.9. The van der Waals surface area contributed by atoms with E-state index in [1.54, 1.807) is 45.8 Å². The van der Waals surface area contributed by atoms with Gasteiger partial charge >= 0.3 is 0 Å². The second kappa shape index (κ2) is 7.43. The summed E-state index contributed by atoms with van der Waals surface area (Å²) in [6.07, 6.45) is 3.79. The molecule has 2 aromatic heterocycles. The van der Waals surface area contributed by atoms with Crippen molar-refractivity contribution >= 4 is 31.6 Å². The fraction of sp³-hybridized carbons (Fsp3) is 0. The van der Waals surface area contributed by atoms with Crippen LogP contribution in [-0.4, -0.2) is 28.0 Å². The second-order valence-electron chi connectivity index (χ2n) is 7.76. The van der Waals surface area contributed by atoms with Gasteiger partial charge < -0.3 is 0 Å². The summed E-state index contributed by atoms with van der Waals surface area (Å²) in [7, 11) is -3.74. The van der Waals surface area contributed by atoms with Gasteiger partial charge in [0, 0.05) is 23.2 Å². The summed E-state index contributed by atoms with van der Waals surface area (Å²) in [6.45, 7) is 0. The fourth-order valence-corrected chi connectivity index (χ4v) is 5.26. The van der Waals surface area contributed by atoms with Gasteiger partial charge in [0.2, 0.25) is 9.84 Å². The zero-order valence-corrected chi connectivity index (χ0v) is 18.2. The van der Waals surface area contributed by atoms with Crippen LogP contribution in [0.2, 0.25) is 0 Å². The molecule has 160 valence electrons. The number of hydrogen-bond acceptors (Lipinski definition) is 4. The van der Waals surface area contributed by atoms with Crippen molar-refractivity contribution in [1.82, 2.24) is 19.6 Å². The molecule has 7 heteroatoms. The van der Waals surface area contributed by atoms with Crippen molar-refractivity contribution in [3.8, 4) is 11.4 Å². The molecular weight excluding hydrogens is 432 g/mol. The lowest BCUT2D eigenvalue weighted by molar-refractivity contribution is 0.596. The largest absolute Gasteiger partial charge is 0.240 e. The first-order valence-electron chi connectivity index (χ1n) is 10.4. The number of nitrogens with zero attached hydrogens (tertiary/aromatic N) is 4. The van der Waals surface area contributed by atoms with Crippen molar-refractivity contribution < 1.29 is 8.42 Å². The number of sulfone groups is 1. The summed E-state index contributed by atoms with van der Waals surface area (Å²) < 4.78 is 30.4. The molecule has 0 unspecified atom stereocenters. The molecule has 0 atom stereocenters. The Balaban J connectivity index is 1.40. The number of rotatable bonds is 4. The molecule has 0 fully saturated rings. The maximum absolute atomic E-state index is 13.5. The van der Waals surface area contributed by atoms with E-state index < -0.39 is 9.84 Å². The monoisotopic (exact) mass is 450 g/mol. The molecular formula is C26H18N4O2S. The molecule has 2 heterocycles. The van der Waals surface area contributed by atoms with Crippen LogP contribution in [0.25, 0.3) is 33.2 Å². The number of hydrogen-bond donors (Lipinski definition) is 0. The third kappa shape index (κ3) is 3.39. The maximum atomic E-state index is 13.5. The molecule has 0 bridgehead atoms. The Morgan fingerprint density at radius 2 is 1.00 bits per heavy atom. The van der Waals surface area contributed by atoms with Gasteiger partial charge in [0.25, 0.3) is 0 Å². The van der Waals surface area contributed by atoms with Gasteiger partial charge in [-0.05, 0) is 48.5 Å². The van der Waals surface area contributed by atoms with E-state index in [9.17, 15) is 8.42 Å². The fourth-order valence-electron chi connectivity index (χ4n) is 3.92. The number of benzene rings is 4. The first kappa shape index (κ1) is 19.5. The minimum Gasteiger partial charge on any atom is -0.240 e. The van der Waals surface area contributed by atoms with Crippen LogP contribution in [0.15, 0.2) is 119 Å². The van der Waals surface area contributed by atoms with Crippen LogP contribution in [0.3, 0.4) is 0 Å². The Morgan fingerprint density at radius 3 is 1.45 bits per heavy atom. The minimum absolute atomic E-state index is 0.210. The van der Waals surface area contributed by atoms with E-state index in [0.29, 0.717) is 11.4 Å². The molecule has 0 aliphatic heterocycles. The van der Waals surface area contributed by atoms with Crippen molar-refractivity contribution in [3.05, 3.63) is 109 Å². The van der Waals surface area contributed by atoms with Crippen molar-refractivity contribution in [3.63, 3.8) is 0 Å². The van der Waals surface area contributed by atoms with E-state index in [2.05, 4.69) is 10.2 Å². The predicted molar refractivity (Wildman–Crippen MR) is 128 cm³/mol. The summed E-state index contributed by atoms with van der Waals surface area (Å²) >= 11 is 0. The molecule has 0 amide bonds. The first-order chi connectivity index (χ1) is 16.1. The Kier molecular flexibility index (Phi) is 4.38. The minimum atomic E-state index is -3.74. The van der Waals surface area contributed by atoms with Gasteiger partial charge in [-0.3, -0.25) is 0 Å². The smallest absolute Gasteiger partial charge is 0.206 e. The summed E-state index contributed by atoms with van der Waals surface area (Å²) in [4.78, 5) is 0.421. The summed E-state index contributed by atoms with van der Waals surface area (Å²) in [5.74, 6) is 0. The maximum Gasteiger partial charge on any atom is 0.206 e. The van der Waals surface area contributed by atoms with Crippen LogP contribution in [0.1, 0.15) is 0 Å². The third-order valence-electron chi connectivity index (χ3n) is 5.61. The zero-order chi connectivity index (χ0) is 22.4. The third-order valence-corrected chi connectivity index (χ3v) is 7.36. The van der Waals surface area contributed by atoms with Crippen LogP contribution in [0.4, 0.5) is 0 Å². The molecule has 0 saturated carbocycles. The highest BCUT2D eigenvalue weighted by atomic mass is 32.2. The molecule has 6 aromatic rings. The van der Waals surface area contributed by atoms with Gasteiger partial charge in [0.1, 0.15) is 0 Å². The summed E-state index contributed by atoms with van der Waals surface area (Å²) in [5, 5.41) is 11.1. The van der Waals surface area contributed by atoms with Crippen LogP contribution < -0.4 is 0 Å². The van der Waals surface area contributed by atoms with Gasteiger partial charge in [0.05, 0.1) is 32.2 Å². The average Bonchev–Trinajstić information content (AvgIpc) is 3.49. The van der Waals surface area contributed by atoms with Crippen molar-refractivity contribution in [2.45, 2.75) is 9.79 Å². The summed E-state index contributed by atoms with van der Waals surface area (Å²) in [6, 6.07) is 29.2. The standard InChI is InChI=1S/C26H18N4O2S/c31-33(32,23-11-5-9-21(15-23)29-17-19-7-1-3-13-25(19)27-29)24-12-6-10-22(16-24)30-18-20-8-2-4-14-26(20)28-30/h1-18H. The molecule has 0 spiro atoms. The topological polar surface area (TPSA) is 69.8 Å². The van der Waals surface area contributed by atoms with Crippen LogP contribution in [0.5, 0.6) is 0 Å². The Hall–Kier alpha value is -4.23. The second-order valence-corrected chi connectivity index (χ2v) is 9.71. The molecule has 4 aromatic carbocycles. The molecule has 0 aliphatic rings. The van der Waals surface area contributed by atoms with E-state index in [-0.39, 0.29) is 9.79 Å².